The molecule has 0 aromatic carbocycles. The third-order valence-electron chi connectivity index (χ3n) is 4.67. The zero-order valence-electron chi connectivity index (χ0n) is 16.1. The molecule has 0 bridgehead atoms. The van der Waals surface area contributed by atoms with Gasteiger partial charge in [-0.2, -0.15) is 5.10 Å². The van der Waals surface area contributed by atoms with Gasteiger partial charge in [0, 0.05) is 37.3 Å². The van der Waals surface area contributed by atoms with Gasteiger partial charge < -0.3 is 10.6 Å². The summed E-state index contributed by atoms with van der Waals surface area (Å²) >= 11 is 0. The lowest BCUT2D eigenvalue weighted by Crippen LogP contribution is -2.15. The molecule has 0 atom stereocenters. The summed E-state index contributed by atoms with van der Waals surface area (Å²) in [5.41, 5.74) is 3.08. The molecular formula is C20H21N7O. The van der Waals surface area contributed by atoms with E-state index in [1.165, 1.54) is 0 Å². The van der Waals surface area contributed by atoms with E-state index in [0.29, 0.717) is 17.2 Å². The summed E-state index contributed by atoms with van der Waals surface area (Å²) in [7, 11) is 1.78. The molecule has 3 aromatic rings. The lowest BCUT2D eigenvalue weighted by Gasteiger charge is -2.08. The summed E-state index contributed by atoms with van der Waals surface area (Å²) in [5, 5.41) is 19.5. The fraction of sp³-hybridized carbons (Fsp3) is 0.350. The Balaban J connectivity index is 1.75. The van der Waals surface area contributed by atoms with Crippen molar-refractivity contribution in [3.05, 3.63) is 35.3 Å². The first-order chi connectivity index (χ1) is 13.6. The largest absolute Gasteiger partial charge is 0.371 e. The Morgan fingerprint density at radius 2 is 2.07 bits per heavy atom. The number of fused-ring (bicyclic) bond motifs is 1. The number of pyridine rings is 1. The van der Waals surface area contributed by atoms with Gasteiger partial charge in [-0.05, 0) is 32.8 Å². The van der Waals surface area contributed by atoms with Crippen molar-refractivity contribution in [3.63, 3.8) is 0 Å². The molecule has 3 heterocycles. The van der Waals surface area contributed by atoms with Gasteiger partial charge in [0.1, 0.15) is 5.52 Å². The first-order valence-corrected chi connectivity index (χ1v) is 9.30. The van der Waals surface area contributed by atoms with E-state index in [9.17, 15) is 4.79 Å². The fourth-order valence-corrected chi connectivity index (χ4v) is 2.89. The highest BCUT2D eigenvalue weighted by molar-refractivity contribution is 5.97. The molecule has 0 saturated heterocycles. The van der Waals surface area contributed by atoms with Gasteiger partial charge in [-0.25, -0.2) is 4.98 Å². The van der Waals surface area contributed by atoms with Crippen LogP contribution in [-0.4, -0.2) is 37.9 Å². The zero-order valence-corrected chi connectivity index (χ0v) is 16.1. The number of carbonyl (C=O) groups is 1. The van der Waals surface area contributed by atoms with Crippen molar-refractivity contribution in [1.82, 2.24) is 25.0 Å². The molecule has 28 heavy (non-hydrogen) atoms. The SMILES string of the molecule is CCn1cc(C#Cc2cnc(NC)c3nnc(NC(=O)C4CC4)cc23)c(C)n1. The maximum atomic E-state index is 12.1. The average molecular weight is 375 g/mol. The molecule has 2 N–H and O–H groups in total. The Labute approximate surface area is 162 Å². The minimum atomic E-state index is -0.00761. The van der Waals surface area contributed by atoms with Crippen LogP contribution in [0.4, 0.5) is 11.6 Å². The van der Waals surface area contributed by atoms with Crippen LogP contribution in [0.25, 0.3) is 10.9 Å². The van der Waals surface area contributed by atoms with Gasteiger partial charge in [0.05, 0.1) is 16.8 Å². The number of aromatic nitrogens is 5. The van der Waals surface area contributed by atoms with Gasteiger partial charge in [0.15, 0.2) is 11.6 Å². The molecule has 4 rings (SSSR count). The van der Waals surface area contributed by atoms with E-state index in [1.54, 1.807) is 19.3 Å². The Hall–Kier alpha value is -3.47. The highest BCUT2D eigenvalue weighted by Crippen LogP contribution is 2.30. The molecule has 1 saturated carbocycles. The summed E-state index contributed by atoms with van der Waals surface area (Å²) in [5.74, 6) is 7.48. The van der Waals surface area contributed by atoms with Crippen LogP contribution in [0.15, 0.2) is 18.5 Å². The van der Waals surface area contributed by atoms with Crippen LogP contribution in [0.2, 0.25) is 0 Å². The number of carbonyl (C=O) groups excluding carboxylic acids is 1. The third-order valence-corrected chi connectivity index (χ3v) is 4.67. The minimum Gasteiger partial charge on any atom is -0.371 e. The Kier molecular flexibility index (Phi) is 4.65. The maximum Gasteiger partial charge on any atom is 0.228 e. The predicted molar refractivity (Wildman–Crippen MR) is 107 cm³/mol. The Morgan fingerprint density at radius 3 is 2.75 bits per heavy atom. The third kappa shape index (κ3) is 3.51. The van der Waals surface area contributed by atoms with Crippen molar-refractivity contribution in [2.75, 3.05) is 17.7 Å². The molecular weight excluding hydrogens is 354 g/mol. The predicted octanol–water partition coefficient (Wildman–Crippen LogP) is 2.34. The molecule has 3 aromatic heterocycles. The van der Waals surface area contributed by atoms with Crippen LogP contribution in [0.5, 0.6) is 0 Å². The van der Waals surface area contributed by atoms with Gasteiger partial charge in [0.2, 0.25) is 5.91 Å². The summed E-state index contributed by atoms with van der Waals surface area (Å²) < 4.78 is 1.86. The van der Waals surface area contributed by atoms with Crippen LogP contribution >= 0.6 is 0 Å². The molecule has 1 aliphatic carbocycles. The number of aryl methyl sites for hydroxylation is 2. The molecule has 0 unspecified atom stereocenters. The van der Waals surface area contributed by atoms with Crippen molar-refractivity contribution >= 4 is 28.4 Å². The minimum absolute atomic E-state index is 0.00761. The number of hydrogen-bond acceptors (Lipinski definition) is 6. The highest BCUT2D eigenvalue weighted by Gasteiger charge is 2.30. The van der Waals surface area contributed by atoms with E-state index in [0.717, 1.165) is 41.6 Å². The van der Waals surface area contributed by atoms with Gasteiger partial charge in [-0.1, -0.05) is 11.8 Å². The summed E-state index contributed by atoms with van der Waals surface area (Å²) in [4.78, 5) is 16.4. The number of nitrogens with one attached hydrogen (secondary N) is 2. The molecule has 0 radical (unpaired) electrons. The van der Waals surface area contributed by atoms with E-state index in [4.69, 9.17) is 0 Å². The lowest BCUT2D eigenvalue weighted by atomic mass is 10.1. The molecule has 1 amide bonds. The van der Waals surface area contributed by atoms with E-state index >= 15 is 0 Å². The molecule has 1 fully saturated rings. The summed E-state index contributed by atoms with van der Waals surface area (Å²) in [6, 6.07) is 1.80. The van der Waals surface area contributed by atoms with Crippen LogP contribution in [0.1, 0.15) is 36.6 Å². The quantitative estimate of drug-likeness (QED) is 0.680. The zero-order chi connectivity index (χ0) is 19.7. The number of hydrogen-bond donors (Lipinski definition) is 2. The van der Waals surface area contributed by atoms with E-state index < -0.39 is 0 Å². The lowest BCUT2D eigenvalue weighted by molar-refractivity contribution is -0.117. The van der Waals surface area contributed by atoms with Crippen molar-refractivity contribution in [1.29, 1.82) is 0 Å². The Morgan fingerprint density at radius 1 is 1.29 bits per heavy atom. The molecule has 8 nitrogen and oxygen atoms in total. The van der Waals surface area contributed by atoms with Crippen LogP contribution in [-0.2, 0) is 11.3 Å². The monoisotopic (exact) mass is 375 g/mol. The molecule has 1 aliphatic rings. The van der Waals surface area contributed by atoms with Crippen molar-refractivity contribution in [2.45, 2.75) is 33.2 Å². The first kappa shape index (κ1) is 17.9. The molecule has 8 heteroatoms. The van der Waals surface area contributed by atoms with Crippen molar-refractivity contribution in [3.8, 4) is 11.8 Å². The second-order valence-corrected chi connectivity index (χ2v) is 6.76. The average Bonchev–Trinajstić information content (AvgIpc) is 3.49. The van der Waals surface area contributed by atoms with E-state index in [-0.39, 0.29) is 11.8 Å². The van der Waals surface area contributed by atoms with Crippen LogP contribution in [0.3, 0.4) is 0 Å². The number of anilines is 2. The molecule has 0 spiro atoms. The fourth-order valence-electron chi connectivity index (χ4n) is 2.89. The van der Waals surface area contributed by atoms with Gasteiger partial charge in [-0.3, -0.25) is 9.48 Å². The standard InChI is InChI=1S/C20H21N7O/c1-4-27-11-15(12(2)26-27)8-7-14-10-22-19(21-3)18-16(14)9-17(24-25-18)23-20(28)13-5-6-13/h9-11,13H,4-6H2,1-3H3,(H,21,22)(H,23,24,28). The van der Waals surface area contributed by atoms with Crippen molar-refractivity contribution in [2.24, 2.45) is 5.92 Å². The Bertz CT molecular complexity index is 1120. The second-order valence-electron chi connectivity index (χ2n) is 6.76. The number of rotatable bonds is 4. The van der Waals surface area contributed by atoms with Gasteiger partial charge >= 0.3 is 0 Å². The summed E-state index contributed by atoms with van der Waals surface area (Å²) in [6.45, 7) is 4.77. The smallest absolute Gasteiger partial charge is 0.228 e. The van der Waals surface area contributed by atoms with Gasteiger partial charge in [-0.15, -0.1) is 10.2 Å². The molecule has 142 valence electrons. The van der Waals surface area contributed by atoms with Crippen LogP contribution in [0, 0.1) is 24.7 Å². The van der Waals surface area contributed by atoms with Crippen molar-refractivity contribution < 1.29 is 4.79 Å². The number of nitrogens with zero attached hydrogens (tertiary/aromatic N) is 5. The highest BCUT2D eigenvalue weighted by atomic mass is 16.2. The number of amides is 1. The first-order valence-electron chi connectivity index (χ1n) is 9.30. The van der Waals surface area contributed by atoms with E-state index in [2.05, 4.69) is 42.8 Å². The van der Waals surface area contributed by atoms with Gasteiger partial charge in [0.25, 0.3) is 0 Å². The van der Waals surface area contributed by atoms with E-state index in [1.807, 2.05) is 24.7 Å². The topological polar surface area (TPSA) is 97.6 Å². The normalized spacial score (nSPS) is 13.1. The van der Waals surface area contributed by atoms with Crippen LogP contribution < -0.4 is 10.6 Å². The maximum absolute atomic E-state index is 12.1. The summed E-state index contributed by atoms with van der Waals surface area (Å²) in [6.07, 6.45) is 5.50. The molecule has 0 aliphatic heterocycles. The second kappa shape index (κ2) is 7.27.